The molecule has 2 N–H and O–H groups in total. The van der Waals surface area contributed by atoms with Gasteiger partial charge in [0.1, 0.15) is 5.75 Å². The SMILES string of the molecule is C=CCNS(=O)(=O)Cc1ccc(NC(=O)CCCOc2ccc(Cl)cc2)cc1. The Morgan fingerprint density at radius 1 is 1.11 bits per heavy atom. The van der Waals surface area contributed by atoms with E-state index < -0.39 is 10.0 Å². The van der Waals surface area contributed by atoms with Crippen molar-refractivity contribution in [3.63, 3.8) is 0 Å². The third kappa shape index (κ3) is 8.12. The minimum atomic E-state index is -3.40. The summed E-state index contributed by atoms with van der Waals surface area (Å²) in [5.41, 5.74) is 1.25. The Balaban J connectivity index is 1.73. The highest BCUT2D eigenvalue weighted by atomic mass is 35.5. The van der Waals surface area contributed by atoms with E-state index in [0.29, 0.717) is 41.5 Å². The van der Waals surface area contributed by atoms with Gasteiger partial charge < -0.3 is 10.1 Å². The molecule has 0 aliphatic heterocycles. The first-order valence-corrected chi connectivity index (χ1v) is 10.8. The maximum atomic E-state index is 12.0. The normalized spacial score (nSPS) is 11.0. The number of carbonyl (C=O) groups excluding carboxylic acids is 1. The lowest BCUT2D eigenvalue weighted by atomic mass is 10.2. The van der Waals surface area contributed by atoms with E-state index in [-0.39, 0.29) is 18.2 Å². The van der Waals surface area contributed by atoms with Crippen LogP contribution in [-0.2, 0) is 20.6 Å². The molecule has 2 aromatic carbocycles. The van der Waals surface area contributed by atoms with Gasteiger partial charge in [0.05, 0.1) is 12.4 Å². The van der Waals surface area contributed by atoms with E-state index in [2.05, 4.69) is 16.6 Å². The smallest absolute Gasteiger partial charge is 0.224 e. The summed E-state index contributed by atoms with van der Waals surface area (Å²) >= 11 is 5.81. The van der Waals surface area contributed by atoms with Crippen LogP contribution in [0, 0.1) is 0 Å². The first-order valence-electron chi connectivity index (χ1n) is 8.73. The Hall–Kier alpha value is -2.35. The molecule has 2 aromatic rings. The van der Waals surface area contributed by atoms with Crippen molar-refractivity contribution >= 4 is 33.2 Å². The van der Waals surface area contributed by atoms with E-state index in [1.54, 1.807) is 48.5 Å². The second kappa shape index (κ2) is 10.8. The molecule has 0 saturated heterocycles. The third-order valence-electron chi connectivity index (χ3n) is 3.67. The highest BCUT2D eigenvalue weighted by molar-refractivity contribution is 7.88. The topological polar surface area (TPSA) is 84.5 Å². The van der Waals surface area contributed by atoms with Crippen molar-refractivity contribution < 1.29 is 17.9 Å². The molecular weight excluding hydrogens is 400 g/mol. The molecule has 0 heterocycles. The van der Waals surface area contributed by atoms with Crippen LogP contribution in [0.1, 0.15) is 18.4 Å². The van der Waals surface area contributed by atoms with Crippen molar-refractivity contribution in [2.24, 2.45) is 0 Å². The van der Waals surface area contributed by atoms with Gasteiger partial charge in [0.15, 0.2) is 0 Å². The van der Waals surface area contributed by atoms with Gasteiger partial charge in [-0.15, -0.1) is 6.58 Å². The molecular formula is C20H23ClN2O4S. The zero-order valence-electron chi connectivity index (χ0n) is 15.4. The van der Waals surface area contributed by atoms with Gasteiger partial charge in [0.2, 0.25) is 15.9 Å². The van der Waals surface area contributed by atoms with Crippen LogP contribution in [0.5, 0.6) is 5.75 Å². The van der Waals surface area contributed by atoms with E-state index in [0.717, 1.165) is 0 Å². The Kier molecular flexibility index (Phi) is 8.50. The average molecular weight is 423 g/mol. The van der Waals surface area contributed by atoms with E-state index >= 15 is 0 Å². The highest BCUT2D eigenvalue weighted by Crippen LogP contribution is 2.16. The second-order valence-electron chi connectivity index (χ2n) is 6.05. The van der Waals surface area contributed by atoms with Gasteiger partial charge >= 0.3 is 0 Å². The van der Waals surface area contributed by atoms with Crippen LogP contribution in [0.3, 0.4) is 0 Å². The first kappa shape index (κ1) is 21.9. The maximum absolute atomic E-state index is 12.0. The summed E-state index contributed by atoms with van der Waals surface area (Å²) in [5.74, 6) is 0.447. The lowest BCUT2D eigenvalue weighted by Crippen LogP contribution is -2.25. The van der Waals surface area contributed by atoms with Crippen LogP contribution < -0.4 is 14.8 Å². The average Bonchev–Trinajstić information content (AvgIpc) is 2.66. The standard InChI is InChI=1S/C20H23ClN2O4S/c1-2-13-22-28(25,26)15-16-5-9-18(10-6-16)23-20(24)4-3-14-27-19-11-7-17(21)8-12-19/h2,5-12,22H,1,3-4,13-15H2,(H,23,24). The minimum Gasteiger partial charge on any atom is -0.494 e. The van der Waals surface area contributed by atoms with Crippen molar-refractivity contribution in [2.75, 3.05) is 18.5 Å². The fourth-order valence-electron chi connectivity index (χ4n) is 2.32. The lowest BCUT2D eigenvalue weighted by molar-refractivity contribution is -0.116. The molecule has 150 valence electrons. The number of nitrogens with one attached hydrogen (secondary N) is 2. The molecule has 0 fully saturated rings. The highest BCUT2D eigenvalue weighted by Gasteiger charge is 2.10. The number of halogens is 1. The predicted molar refractivity (Wildman–Crippen MR) is 112 cm³/mol. The summed E-state index contributed by atoms with van der Waals surface area (Å²) in [4.78, 5) is 12.0. The predicted octanol–water partition coefficient (Wildman–Crippen LogP) is 3.74. The van der Waals surface area contributed by atoms with Crippen LogP contribution in [0.15, 0.2) is 61.2 Å². The first-order chi connectivity index (χ1) is 13.4. The van der Waals surface area contributed by atoms with Gasteiger partial charge in [0.25, 0.3) is 0 Å². The fraction of sp³-hybridized carbons (Fsp3) is 0.250. The number of benzene rings is 2. The van der Waals surface area contributed by atoms with Crippen molar-refractivity contribution in [3.05, 3.63) is 71.8 Å². The van der Waals surface area contributed by atoms with Crippen molar-refractivity contribution in [1.82, 2.24) is 4.72 Å². The summed E-state index contributed by atoms with van der Waals surface area (Å²) in [6.07, 6.45) is 2.37. The summed E-state index contributed by atoms with van der Waals surface area (Å²) in [5, 5.41) is 3.42. The summed E-state index contributed by atoms with van der Waals surface area (Å²) in [6.45, 7) is 4.09. The number of rotatable bonds is 11. The quantitative estimate of drug-likeness (QED) is 0.426. The van der Waals surface area contributed by atoms with Crippen LogP contribution in [0.2, 0.25) is 5.02 Å². The van der Waals surface area contributed by atoms with Crippen LogP contribution in [0.4, 0.5) is 5.69 Å². The number of amides is 1. The Morgan fingerprint density at radius 2 is 1.79 bits per heavy atom. The number of hydrogen-bond acceptors (Lipinski definition) is 4. The molecule has 0 aromatic heterocycles. The molecule has 2 rings (SSSR count). The van der Waals surface area contributed by atoms with Crippen LogP contribution in [-0.4, -0.2) is 27.5 Å². The monoisotopic (exact) mass is 422 g/mol. The van der Waals surface area contributed by atoms with E-state index in [1.165, 1.54) is 6.08 Å². The van der Waals surface area contributed by atoms with Gasteiger partial charge in [-0.05, 0) is 48.4 Å². The zero-order valence-corrected chi connectivity index (χ0v) is 16.9. The van der Waals surface area contributed by atoms with E-state index in [1.807, 2.05) is 0 Å². The molecule has 28 heavy (non-hydrogen) atoms. The van der Waals surface area contributed by atoms with Gasteiger partial charge in [-0.25, -0.2) is 13.1 Å². The number of ether oxygens (including phenoxy) is 1. The summed E-state index contributed by atoms with van der Waals surface area (Å²) in [7, 11) is -3.40. The molecule has 0 aliphatic rings. The molecule has 0 aliphatic carbocycles. The lowest BCUT2D eigenvalue weighted by Gasteiger charge is -2.08. The molecule has 0 saturated carbocycles. The maximum Gasteiger partial charge on any atom is 0.224 e. The Labute approximate surface area is 170 Å². The van der Waals surface area contributed by atoms with Crippen LogP contribution >= 0.6 is 11.6 Å². The number of sulfonamides is 1. The largest absolute Gasteiger partial charge is 0.494 e. The van der Waals surface area contributed by atoms with Crippen molar-refractivity contribution in [1.29, 1.82) is 0 Å². The number of hydrogen-bond donors (Lipinski definition) is 2. The molecule has 8 heteroatoms. The van der Waals surface area contributed by atoms with E-state index in [9.17, 15) is 13.2 Å². The zero-order chi connectivity index (χ0) is 20.4. The van der Waals surface area contributed by atoms with Crippen LogP contribution in [0.25, 0.3) is 0 Å². The number of carbonyl (C=O) groups is 1. The summed E-state index contributed by atoms with van der Waals surface area (Å²) < 4.78 is 31.6. The molecule has 1 amide bonds. The summed E-state index contributed by atoms with van der Waals surface area (Å²) in [6, 6.07) is 13.7. The van der Waals surface area contributed by atoms with Crippen molar-refractivity contribution in [2.45, 2.75) is 18.6 Å². The molecule has 0 spiro atoms. The Morgan fingerprint density at radius 3 is 2.43 bits per heavy atom. The number of anilines is 1. The fourth-order valence-corrected chi connectivity index (χ4v) is 3.55. The molecule has 6 nitrogen and oxygen atoms in total. The minimum absolute atomic E-state index is 0.128. The molecule has 0 atom stereocenters. The second-order valence-corrected chi connectivity index (χ2v) is 8.29. The van der Waals surface area contributed by atoms with Gasteiger partial charge in [0, 0.05) is 23.7 Å². The third-order valence-corrected chi connectivity index (χ3v) is 5.24. The molecule has 0 radical (unpaired) electrons. The molecule has 0 unspecified atom stereocenters. The van der Waals surface area contributed by atoms with Gasteiger partial charge in [-0.3, -0.25) is 4.79 Å². The Bertz CT molecular complexity index is 881. The van der Waals surface area contributed by atoms with E-state index in [4.69, 9.17) is 16.3 Å². The van der Waals surface area contributed by atoms with Gasteiger partial charge in [-0.2, -0.15) is 0 Å². The van der Waals surface area contributed by atoms with Crippen molar-refractivity contribution in [3.8, 4) is 5.75 Å². The van der Waals surface area contributed by atoms with Gasteiger partial charge in [-0.1, -0.05) is 29.8 Å². The molecule has 0 bridgehead atoms.